The third-order valence-electron chi connectivity index (χ3n) is 4.10. The number of para-hydroxylation sites is 1. The lowest BCUT2D eigenvalue weighted by atomic mass is 10.2. The van der Waals surface area contributed by atoms with E-state index in [4.69, 9.17) is 5.26 Å². The molecule has 0 aromatic heterocycles. The molecule has 2 amide bonds. The van der Waals surface area contributed by atoms with Crippen LogP contribution >= 0.6 is 0 Å². The van der Waals surface area contributed by atoms with E-state index in [1.807, 2.05) is 0 Å². The topological polar surface area (TPSA) is 117 Å². The molecule has 0 heterocycles. The number of ether oxygens (including phenoxy) is 1. The molecule has 2 aromatic carbocycles. The minimum atomic E-state index is -4.10. The molecule has 1 N–H and O–H groups in total. The molecule has 0 fully saturated rings. The van der Waals surface area contributed by atoms with Crippen molar-refractivity contribution in [3.63, 3.8) is 0 Å². The van der Waals surface area contributed by atoms with Gasteiger partial charge in [-0.25, -0.2) is 8.42 Å². The fraction of sp³-hybridized carbons (Fsp3) is 0.250. The summed E-state index contributed by atoms with van der Waals surface area (Å²) in [6, 6.07) is 11.6. The Bertz CT molecular complexity index is 1070. The summed E-state index contributed by atoms with van der Waals surface area (Å²) in [5.41, 5.74) is 0.157. The van der Waals surface area contributed by atoms with Crippen molar-refractivity contribution >= 4 is 21.7 Å². The van der Waals surface area contributed by atoms with Gasteiger partial charge in [-0.05, 0) is 18.2 Å². The van der Waals surface area contributed by atoms with Gasteiger partial charge in [0.1, 0.15) is 11.8 Å². The highest BCUT2D eigenvalue weighted by molar-refractivity contribution is 7.90. The lowest BCUT2D eigenvalue weighted by molar-refractivity contribution is -0.128. The molecule has 0 saturated carbocycles. The van der Waals surface area contributed by atoms with Crippen molar-refractivity contribution in [1.82, 2.24) is 10.2 Å². The summed E-state index contributed by atoms with van der Waals surface area (Å²) in [6.45, 7) is -3.15. The first-order valence-corrected chi connectivity index (χ1v) is 10.7. The summed E-state index contributed by atoms with van der Waals surface area (Å²) in [7, 11) is -2.98. The van der Waals surface area contributed by atoms with E-state index in [1.54, 1.807) is 24.4 Å². The quantitative estimate of drug-likeness (QED) is 0.460. The van der Waals surface area contributed by atoms with Crippen LogP contribution in [0.1, 0.15) is 15.9 Å². The van der Waals surface area contributed by atoms with Crippen molar-refractivity contribution in [2.75, 3.05) is 12.8 Å². The number of nitrogens with one attached hydrogen (secondary N) is 1. The fourth-order valence-corrected chi connectivity index (χ4v) is 4.24. The average Bonchev–Trinajstić information content (AvgIpc) is 2.73. The molecule has 31 heavy (non-hydrogen) atoms. The van der Waals surface area contributed by atoms with Gasteiger partial charge in [0.05, 0.1) is 11.5 Å². The maximum absolute atomic E-state index is 12.7. The molecule has 0 aliphatic heterocycles. The second-order valence-corrected chi connectivity index (χ2v) is 8.54. The molecule has 0 radical (unpaired) electrons. The van der Waals surface area contributed by atoms with Gasteiger partial charge < -0.3 is 10.1 Å². The van der Waals surface area contributed by atoms with Crippen molar-refractivity contribution in [3.8, 4) is 11.9 Å². The Kier molecular flexibility index (Phi) is 8.04. The summed E-state index contributed by atoms with van der Waals surface area (Å²) in [4.78, 5) is 25.5. The Hall–Kier alpha value is -3.52. The number of alkyl halides is 2. The van der Waals surface area contributed by atoms with E-state index >= 15 is 0 Å². The predicted octanol–water partition coefficient (Wildman–Crippen LogP) is 1.94. The highest BCUT2D eigenvalue weighted by Crippen LogP contribution is 2.23. The molecule has 8 nitrogen and oxygen atoms in total. The van der Waals surface area contributed by atoms with E-state index in [0.29, 0.717) is 4.90 Å². The zero-order chi connectivity index (χ0) is 23.0. The van der Waals surface area contributed by atoms with E-state index < -0.39 is 45.8 Å². The number of carbonyl (C=O) groups is 2. The normalized spacial score (nSPS) is 12.0. The molecular weight excluding hydrogens is 432 g/mol. The largest absolute Gasteiger partial charge is 0.435 e. The van der Waals surface area contributed by atoms with E-state index in [0.717, 1.165) is 7.05 Å². The third-order valence-corrected chi connectivity index (χ3v) is 5.70. The molecule has 0 bridgehead atoms. The van der Waals surface area contributed by atoms with Crippen LogP contribution in [-0.2, 0) is 20.4 Å². The molecule has 2 rings (SSSR count). The molecule has 11 heteroatoms. The maximum Gasteiger partial charge on any atom is 0.387 e. The number of nitrogens with zero attached hydrogens (tertiary/aromatic N) is 2. The number of halogens is 2. The van der Waals surface area contributed by atoms with Crippen molar-refractivity contribution in [2.45, 2.75) is 18.4 Å². The van der Waals surface area contributed by atoms with Gasteiger partial charge in [0, 0.05) is 18.2 Å². The maximum atomic E-state index is 12.7. The lowest BCUT2D eigenvalue weighted by Gasteiger charge is -2.20. The molecular formula is C20H19F2N3O5S. The van der Waals surface area contributed by atoms with Crippen LogP contribution in [0.5, 0.6) is 5.75 Å². The van der Waals surface area contributed by atoms with Crippen molar-refractivity contribution in [3.05, 3.63) is 65.7 Å². The van der Waals surface area contributed by atoms with E-state index in [-0.39, 0.29) is 16.9 Å². The molecule has 0 unspecified atom stereocenters. The van der Waals surface area contributed by atoms with Crippen LogP contribution in [0.25, 0.3) is 0 Å². The number of likely N-dealkylation sites (N-methyl/N-ethyl adjacent to an activating group) is 1. The van der Waals surface area contributed by atoms with Gasteiger partial charge in [0.25, 0.3) is 11.8 Å². The SMILES string of the molecule is CN(C#N)C(=O)[C@H](CS(=O)(=O)Cc1ccccc1OC(F)F)NC(=O)c1ccccc1. The highest BCUT2D eigenvalue weighted by atomic mass is 32.2. The minimum absolute atomic E-state index is 0.0305. The van der Waals surface area contributed by atoms with Crippen LogP contribution in [0.15, 0.2) is 54.6 Å². The van der Waals surface area contributed by atoms with Crippen LogP contribution in [0, 0.1) is 11.5 Å². The number of benzene rings is 2. The minimum Gasteiger partial charge on any atom is -0.435 e. The summed E-state index contributed by atoms with van der Waals surface area (Å²) in [6.07, 6.45) is 1.56. The van der Waals surface area contributed by atoms with Gasteiger partial charge in [-0.15, -0.1) is 0 Å². The Morgan fingerprint density at radius 3 is 2.35 bits per heavy atom. The standard InChI is InChI=1S/C20H19F2N3O5S/c1-25(13-23)19(27)16(24-18(26)14-7-3-2-4-8-14)12-31(28,29)11-15-9-5-6-10-17(15)30-20(21)22/h2-10,16,20H,11-12H2,1H3,(H,24,26)/t16-/m0/s1. The van der Waals surface area contributed by atoms with Crippen LogP contribution in [-0.4, -0.2) is 50.6 Å². The number of carbonyl (C=O) groups excluding carboxylic acids is 2. The monoisotopic (exact) mass is 451 g/mol. The zero-order valence-corrected chi connectivity index (χ0v) is 17.2. The fourth-order valence-electron chi connectivity index (χ4n) is 2.67. The number of hydrogen-bond acceptors (Lipinski definition) is 6. The van der Waals surface area contributed by atoms with Crippen LogP contribution in [0.4, 0.5) is 8.78 Å². The number of rotatable bonds is 9. The number of amides is 2. The number of nitriles is 1. The summed E-state index contributed by atoms with van der Waals surface area (Å²) >= 11 is 0. The van der Waals surface area contributed by atoms with Crippen LogP contribution in [0.2, 0.25) is 0 Å². The molecule has 0 aliphatic carbocycles. The second kappa shape index (κ2) is 10.5. The first-order chi connectivity index (χ1) is 14.6. The summed E-state index contributed by atoms with van der Waals surface area (Å²) < 4.78 is 55.0. The van der Waals surface area contributed by atoms with E-state index in [9.17, 15) is 26.8 Å². The molecule has 164 valence electrons. The molecule has 2 aromatic rings. The van der Waals surface area contributed by atoms with E-state index in [2.05, 4.69) is 10.1 Å². The molecule has 0 spiro atoms. The van der Waals surface area contributed by atoms with Crippen molar-refractivity contribution < 1.29 is 31.5 Å². The second-order valence-electron chi connectivity index (χ2n) is 6.43. The predicted molar refractivity (Wildman–Crippen MR) is 107 cm³/mol. The first-order valence-electron chi connectivity index (χ1n) is 8.89. The zero-order valence-electron chi connectivity index (χ0n) is 16.4. The Morgan fingerprint density at radius 1 is 1.13 bits per heavy atom. The van der Waals surface area contributed by atoms with Crippen LogP contribution in [0.3, 0.4) is 0 Å². The van der Waals surface area contributed by atoms with Gasteiger partial charge in [0.15, 0.2) is 16.0 Å². The molecule has 1 atom stereocenters. The third kappa shape index (κ3) is 7.04. The van der Waals surface area contributed by atoms with Gasteiger partial charge in [-0.3, -0.25) is 14.5 Å². The summed E-state index contributed by atoms with van der Waals surface area (Å²) in [5, 5.41) is 11.3. The van der Waals surface area contributed by atoms with E-state index in [1.165, 1.54) is 36.4 Å². The smallest absolute Gasteiger partial charge is 0.387 e. The Morgan fingerprint density at radius 2 is 1.74 bits per heavy atom. The molecule has 0 saturated heterocycles. The number of sulfone groups is 1. The van der Waals surface area contributed by atoms with Gasteiger partial charge in [-0.2, -0.15) is 14.0 Å². The number of hydrogen-bond donors (Lipinski definition) is 1. The van der Waals surface area contributed by atoms with Gasteiger partial charge >= 0.3 is 6.61 Å². The average molecular weight is 451 g/mol. The van der Waals surface area contributed by atoms with Crippen molar-refractivity contribution in [1.29, 1.82) is 5.26 Å². The van der Waals surface area contributed by atoms with Gasteiger partial charge in [-0.1, -0.05) is 36.4 Å². The summed E-state index contributed by atoms with van der Waals surface area (Å²) in [5.74, 6) is -3.52. The van der Waals surface area contributed by atoms with Gasteiger partial charge in [0.2, 0.25) is 0 Å². The van der Waals surface area contributed by atoms with Crippen LogP contribution < -0.4 is 10.1 Å². The first kappa shape index (κ1) is 23.8. The Labute approximate surface area is 178 Å². The highest BCUT2D eigenvalue weighted by Gasteiger charge is 2.30. The van der Waals surface area contributed by atoms with Crippen molar-refractivity contribution in [2.24, 2.45) is 0 Å². The lowest BCUT2D eigenvalue weighted by Crippen LogP contribution is -2.50. The molecule has 0 aliphatic rings. The Balaban J connectivity index is 2.26.